The molecule has 0 aliphatic carbocycles. The van der Waals surface area contributed by atoms with Gasteiger partial charge >= 0.3 is 0 Å². The minimum absolute atomic E-state index is 0.589. The number of hydrogen-bond acceptors (Lipinski definition) is 8. The molecule has 8 nitrogen and oxygen atoms in total. The van der Waals surface area contributed by atoms with Crippen LogP contribution in [0.1, 0.15) is 0 Å². The van der Waals surface area contributed by atoms with Crippen molar-refractivity contribution in [2.24, 2.45) is 0 Å². The molecule has 0 spiro atoms. The molecule has 5 aromatic heterocycles. The first-order valence-electron chi connectivity index (χ1n) is 19.6. The Hall–Kier alpha value is -8.36. The summed E-state index contributed by atoms with van der Waals surface area (Å²) in [5.74, 6) is 2.45. The van der Waals surface area contributed by atoms with Crippen LogP contribution in [0.2, 0.25) is 0 Å². The van der Waals surface area contributed by atoms with Crippen LogP contribution in [0.3, 0.4) is 0 Å². The molecule has 10 aromatic rings. The maximum Gasteiger partial charge on any atom is 0.164 e. The SMILES string of the molecule is c1ccc(-c2cc(-c3cccnc3-c3cc(-c4ccc(-c5nc(-c6ccccc6)nc(-c6ccccc6)n5)cc4)cc(-c4ccccn4)n3)nc(-c3ccccc3)n2)cc1. The van der Waals surface area contributed by atoms with Gasteiger partial charge in [-0.15, -0.1) is 0 Å². The van der Waals surface area contributed by atoms with Crippen molar-refractivity contribution in [3.8, 4) is 102 Å². The van der Waals surface area contributed by atoms with Gasteiger partial charge in [-0.2, -0.15) is 0 Å². The molecule has 8 heteroatoms. The molecular weight excluding hydrogens is 737 g/mol. The Labute approximate surface area is 347 Å². The van der Waals surface area contributed by atoms with Crippen molar-refractivity contribution in [1.82, 2.24) is 39.9 Å². The Morgan fingerprint density at radius 3 is 1.27 bits per heavy atom. The first kappa shape index (κ1) is 36.0. The third-order valence-electron chi connectivity index (χ3n) is 10.1. The molecule has 0 saturated heterocycles. The van der Waals surface area contributed by atoms with Gasteiger partial charge in [0.2, 0.25) is 0 Å². The van der Waals surface area contributed by atoms with Crippen molar-refractivity contribution in [3.63, 3.8) is 0 Å². The molecule has 0 aliphatic heterocycles. The van der Waals surface area contributed by atoms with E-state index in [9.17, 15) is 0 Å². The van der Waals surface area contributed by atoms with E-state index in [0.29, 0.717) is 34.7 Å². The molecule has 282 valence electrons. The lowest BCUT2D eigenvalue weighted by Gasteiger charge is -2.14. The molecule has 0 saturated carbocycles. The molecule has 60 heavy (non-hydrogen) atoms. The Morgan fingerprint density at radius 2 is 0.700 bits per heavy atom. The molecule has 0 amide bonds. The second-order valence-corrected chi connectivity index (χ2v) is 14.1. The zero-order chi connectivity index (χ0) is 40.1. The van der Waals surface area contributed by atoms with Crippen molar-refractivity contribution in [1.29, 1.82) is 0 Å². The summed E-state index contributed by atoms with van der Waals surface area (Å²) < 4.78 is 0. The highest BCUT2D eigenvalue weighted by Crippen LogP contribution is 2.36. The normalized spacial score (nSPS) is 11.0. The van der Waals surface area contributed by atoms with Crippen molar-refractivity contribution < 1.29 is 0 Å². The number of hydrogen-bond donors (Lipinski definition) is 0. The van der Waals surface area contributed by atoms with E-state index in [0.717, 1.165) is 67.3 Å². The summed E-state index contributed by atoms with van der Waals surface area (Å²) >= 11 is 0. The zero-order valence-electron chi connectivity index (χ0n) is 32.2. The number of nitrogens with zero attached hydrogens (tertiary/aromatic N) is 8. The highest BCUT2D eigenvalue weighted by atomic mass is 15.0. The van der Waals surface area contributed by atoms with E-state index in [1.165, 1.54) is 0 Å². The minimum Gasteiger partial charge on any atom is -0.255 e. The number of rotatable bonds is 9. The Balaban J connectivity index is 1.09. The van der Waals surface area contributed by atoms with Crippen LogP contribution in [0.25, 0.3) is 102 Å². The van der Waals surface area contributed by atoms with E-state index in [1.54, 1.807) is 12.4 Å². The smallest absolute Gasteiger partial charge is 0.164 e. The standard InChI is InChI=1S/C52H34N8/c1-5-16-36(17-6-1)44-34-45(57-49(56-44)37-18-7-2-8-19-37)42-24-15-31-54-48(42)47-33-41(32-46(55-47)43-25-13-14-30-53-43)35-26-28-40(29-27-35)52-59-50(38-20-9-3-10-21-38)58-51(60-52)39-22-11-4-12-23-39/h1-34H. The first-order chi connectivity index (χ1) is 29.7. The van der Waals surface area contributed by atoms with E-state index in [1.807, 2.05) is 146 Å². The van der Waals surface area contributed by atoms with Crippen molar-refractivity contribution in [3.05, 3.63) is 207 Å². The first-order valence-corrected chi connectivity index (χ1v) is 19.6. The van der Waals surface area contributed by atoms with Gasteiger partial charge < -0.3 is 0 Å². The molecule has 0 bridgehead atoms. The van der Waals surface area contributed by atoms with Gasteiger partial charge in [0.1, 0.15) is 0 Å². The van der Waals surface area contributed by atoms with Gasteiger partial charge in [-0.05, 0) is 53.6 Å². The zero-order valence-corrected chi connectivity index (χ0v) is 32.2. The molecule has 0 atom stereocenters. The topological polar surface area (TPSA) is 103 Å². The molecular formula is C52H34N8. The highest BCUT2D eigenvalue weighted by Gasteiger charge is 2.19. The van der Waals surface area contributed by atoms with Crippen LogP contribution < -0.4 is 0 Å². The van der Waals surface area contributed by atoms with E-state index >= 15 is 0 Å². The third kappa shape index (κ3) is 7.56. The van der Waals surface area contributed by atoms with Crippen molar-refractivity contribution >= 4 is 0 Å². The van der Waals surface area contributed by atoms with Crippen molar-refractivity contribution in [2.75, 3.05) is 0 Å². The monoisotopic (exact) mass is 770 g/mol. The van der Waals surface area contributed by atoms with Gasteiger partial charge in [0, 0.05) is 45.8 Å². The largest absolute Gasteiger partial charge is 0.255 e. The molecule has 0 fully saturated rings. The predicted molar refractivity (Wildman–Crippen MR) is 238 cm³/mol. The van der Waals surface area contributed by atoms with Gasteiger partial charge in [-0.3, -0.25) is 9.97 Å². The Bertz CT molecular complexity index is 2940. The Kier molecular flexibility index (Phi) is 9.75. The fraction of sp³-hybridized carbons (Fsp3) is 0. The van der Waals surface area contributed by atoms with E-state index in [-0.39, 0.29) is 0 Å². The quantitative estimate of drug-likeness (QED) is 0.143. The highest BCUT2D eigenvalue weighted by molar-refractivity contribution is 5.84. The molecule has 0 N–H and O–H groups in total. The van der Waals surface area contributed by atoms with Gasteiger partial charge in [0.05, 0.1) is 34.2 Å². The molecule has 5 aromatic carbocycles. The van der Waals surface area contributed by atoms with Gasteiger partial charge in [0.25, 0.3) is 0 Å². The minimum atomic E-state index is 0.589. The van der Waals surface area contributed by atoms with Crippen LogP contribution in [-0.4, -0.2) is 39.9 Å². The van der Waals surface area contributed by atoms with Gasteiger partial charge in [-0.1, -0.05) is 152 Å². The summed E-state index contributed by atoms with van der Waals surface area (Å²) in [7, 11) is 0. The van der Waals surface area contributed by atoms with Crippen molar-refractivity contribution in [2.45, 2.75) is 0 Å². The van der Waals surface area contributed by atoms with Crippen LogP contribution in [0, 0.1) is 0 Å². The van der Waals surface area contributed by atoms with Crippen LogP contribution in [0.5, 0.6) is 0 Å². The van der Waals surface area contributed by atoms with E-state index < -0.39 is 0 Å². The average molecular weight is 771 g/mol. The van der Waals surface area contributed by atoms with Crippen LogP contribution in [0.4, 0.5) is 0 Å². The summed E-state index contributed by atoms with van der Waals surface area (Å²) in [6.45, 7) is 0. The lowest BCUT2D eigenvalue weighted by Crippen LogP contribution is -2.00. The number of pyridine rings is 3. The van der Waals surface area contributed by atoms with Crippen LogP contribution in [-0.2, 0) is 0 Å². The number of benzene rings is 5. The molecule has 10 rings (SSSR count). The van der Waals surface area contributed by atoms with Gasteiger partial charge in [0.15, 0.2) is 23.3 Å². The summed E-state index contributed by atoms with van der Waals surface area (Å²) in [6, 6.07) is 64.5. The average Bonchev–Trinajstić information content (AvgIpc) is 3.35. The van der Waals surface area contributed by atoms with Crippen LogP contribution >= 0.6 is 0 Å². The lowest BCUT2D eigenvalue weighted by atomic mass is 9.99. The van der Waals surface area contributed by atoms with Crippen LogP contribution in [0.15, 0.2) is 207 Å². The molecule has 5 heterocycles. The maximum absolute atomic E-state index is 5.19. The second kappa shape index (κ2) is 16.2. The maximum atomic E-state index is 5.19. The lowest BCUT2D eigenvalue weighted by molar-refractivity contribution is 1.07. The third-order valence-corrected chi connectivity index (χ3v) is 10.1. The predicted octanol–water partition coefficient (Wildman–Crippen LogP) is 11.8. The fourth-order valence-corrected chi connectivity index (χ4v) is 7.09. The van der Waals surface area contributed by atoms with Gasteiger partial charge in [-0.25, -0.2) is 29.9 Å². The fourth-order valence-electron chi connectivity index (χ4n) is 7.09. The Morgan fingerprint density at radius 1 is 0.233 bits per heavy atom. The summed E-state index contributed by atoms with van der Waals surface area (Å²) in [6.07, 6.45) is 3.57. The molecule has 0 aliphatic rings. The second-order valence-electron chi connectivity index (χ2n) is 14.1. The number of aromatic nitrogens is 8. The van der Waals surface area contributed by atoms with E-state index in [2.05, 4.69) is 53.5 Å². The summed E-state index contributed by atoms with van der Waals surface area (Å²) in [5.41, 5.74) is 11.8. The summed E-state index contributed by atoms with van der Waals surface area (Å²) in [4.78, 5) is 39.7. The van der Waals surface area contributed by atoms with E-state index in [4.69, 9.17) is 34.9 Å². The summed E-state index contributed by atoms with van der Waals surface area (Å²) in [5, 5.41) is 0. The molecule has 0 radical (unpaired) electrons. The molecule has 0 unspecified atom stereocenters.